The Hall–Kier alpha value is -0.750. The van der Waals surface area contributed by atoms with E-state index in [1.54, 1.807) is 0 Å². The average Bonchev–Trinajstić information content (AvgIpc) is 2.83. The van der Waals surface area contributed by atoms with E-state index < -0.39 is 18.2 Å². The second-order valence-electron chi connectivity index (χ2n) is 4.37. The highest BCUT2D eigenvalue weighted by atomic mass is 32.2. The average molecular weight is 275 g/mol. The summed E-state index contributed by atoms with van der Waals surface area (Å²) in [6.45, 7) is 0.644. The van der Waals surface area contributed by atoms with E-state index in [1.807, 2.05) is 11.8 Å². The van der Waals surface area contributed by atoms with E-state index >= 15 is 0 Å². The number of carbonyl (C=O) groups is 2. The van der Waals surface area contributed by atoms with Crippen LogP contribution in [0.25, 0.3) is 0 Å². The Morgan fingerprint density at radius 1 is 1.28 bits per heavy atom. The van der Waals surface area contributed by atoms with E-state index in [4.69, 9.17) is 9.84 Å². The normalized spacial score (nSPS) is 22.9. The van der Waals surface area contributed by atoms with E-state index in [9.17, 15) is 9.59 Å². The monoisotopic (exact) mass is 275 g/mol. The van der Waals surface area contributed by atoms with Crippen molar-refractivity contribution in [3.8, 4) is 0 Å². The molecule has 1 saturated heterocycles. The Kier molecular flexibility index (Phi) is 7.12. The van der Waals surface area contributed by atoms with Crippen molar-refractivity contribution in [2.24, 2.45) is 0 Å². The highest BCUT2D eigenvalue weighted by molar-refractivity contribution is 7.98. The van der Waals surface area contributed by atoms with Crippen molar-refractivity contribution < 1.29 is 19.4 Å². The third kappa shape index (κ3) is 5.27. The number of carbonyl (C=O) groups excluding carboxylic acids is 1. The molecule has 5 nitrogen and oxygen atoms in total. The van der Waals surface area contributed by atoms with Gasteiger partial charge in [-0.1, -0.05) is 6.42 Å². The van der Waals surface area contributed by atoms with Crippen molar-refractivity contribution in [3.63, 3.8) is 0 Å². The summed E-state index contributed by atoms with van der Waals surface area (Å²) in [4.78, 5) is 22.3. The zero-order chi connectivity index (χ0) is 13.4. The van der Waals surface area contributed by atoms with E-state index in [0.29, 0.717) is 19.4 Å². The molecule has 1 rings (SSSR count). The summed E-state index contributed by atoms with van der Waals surface area (Å²) in [5.74, 6) is -0.00838. The molecule has 2 N–H and O–H groups in total. The van der Waals surface area contributed by atoms with Crippen molar-refractivity contribution in [2.75, 3.05) is 18.6 Å². The van der Waals surface area contributed by atoms with Crippen LogP contribution >= 0.6 is 11.8 Å². The Morgan fingerprint density at radius 2 is 2.00 bits per heavy atom. The SMILES string of the molecule is CSCCCCCNC(=O)C1CCC(C(=O)O)O1. The molecule has 0 bridgehead atoms. The minimum Gasteiger partial charge on any atom is -0.479 e. The lowest BCUT2D eigenvalue weighted by atomic mass is 10.2. The molecule has 2 atom stereocenters. The van der Waals surface area contributed by atoms with Crippen LogP contribution in [0.1, 0.15) is 32.1 Å². The summed E-state index contributed by atoms with van der Waals surface area (Å²) in [5.41, 5.74) is 0. The molecule has 1 aliphatic heterocycles. The van der Waals surface area contributed by atoms with Crippen LogP contribution in [0.4, 0.5) is 0 Å². The molecule has 1 amide bonds. The van der Waals surface area contributed by atoms with Crippen LogP contribution in [0.3, 0.4) is 0 Å². The quantitative estimate of drug-likeness (QED) is 0.652. The summed E-state index contributed by atoms with van der Waals surface area (Å²) in [6.07, 6.45) is 4.82. The molecule has 0 aliphatic carbocycles. The van der Waals surface area contributed by atoms with Crippen molar-refractivity contribution >= 4 is 23.6 Å². The van der Waals surface area contributed by atoms with Crippen molar-refractivity contribution in [1.82, 2.24) is 5.32 Å². The summed E-state index contributed by atoms with van der Waals surface area (Å²) in [6, 6.07) is 0. The summed E-state index contributed by atoms with van der Waals surface area (Å²) >= 11 is 1.83. The number of hydrogen-bond acceptors (Lipinski definition) is 4. The Balaban J connectivity index is 2.09. The van der Waals surface area contributed by atoms with Gasteiger partial charge in [-0.05, 0) is 37.7 Å². The van der Waals surface area contributed by atoms with Gasteiger partial charge in [-0.15, -0.1) is 0 Å². The van der Waals surface area contributed by atoms with Crippen LogP contribution in [-0.4, -0.2) is 47.7 Å². The third-order valence-electron chi connectivity index (χ3n) is 2.91. The molecule has 0 aromatic rings. The highest BCUT2D eigenvalue weighted by Crippen LogP contribution is 2.19. The zero-order valence-corrected chi connectivity index (χ0v) is 11.5. The Bertz CT molecular complexity index is 285. The van der Waals surface area contributed by atoms with Gasteiger partial charge < -0.3 is 15.2 Å². The van der Waals surface area contributed by atoms with Gasteiger partial charge in [0.1, 0.15) is 6.10 Å². The molecule has 0 saturated carbocycles. The maximum atomic E-state index is 11.7. The number of carboxylic acid groups (broad SMARTS) is 1. The number of hydrogen-bond donors (Lipinski definition) is 2. The lowest BCUT2D eigenvalue weighted by Gasteiger charge is -2.11. The molecular weight excluding hydrogens is 254 g/mol. The first kappa shape index (κ1) is 15.3. The predicted octanol–water partition coefficient (Wildman–Crippen LogP) is 1.27. The summed E-state index contributed by atoms with van der Waals surface area (Å²) in [5, 5.41) is 11.5. The largest absolute Gasteiger partial charge is 0.479 e. The van der Waals surface area contributed by atoms with E-state index in [1.165, 1.54) is 0 Å². The second-order valence-corrected chi connectivity index (χ2v) is 5.36. The fourth-order valence-corrected chi connectivity index (χ4v) is 2.38. The van der Waals surface area contributed by atoms with Gasteiger partial charge in [-0.3, -0.25) is 4.79 Å². The first-order chi connectivity index (χ1) is 8.65. The molecule has 0 aromatic heterocycles. The fourth-order valence-electron chi connectivity index (χ4n) is 1.89. The molecule has 1 fully saturated rings. The van der Waals surface area contributed by atoms with Crippen LogP contribution < -0.4 is 5.32 Å². The molecule has 1 heterocycles. The number of thioether (sulfide) groups is 1. The van der Waals surface area contributed by atoms with Gasteiger partial charge in [0.05, 0.1) is 0 Å². The minimum atomic E-state index is -0.984. The van der Waals surface area contributed by atoms with Gasteiger partial charge in [0.15, 0.2) is 6.10 Å². The van der Waals surface area contributed by atoms with Gasteiger partial charge in [0.25, 0.3) is 0 Å². The topological polar surface area (TPSA) is 75.6 Å². The zero-order valence-electron chi connectivity index (χ0n) is 10.7. The van der Waals surface area contributed by atoms with Crippen LogP contribution in [-0.2, 0) is 14.3 Å². The van der Waals surface area contributed by atoms with Crippen LogP contribution in [0, 0.1) is 0 Å². The molecule has 1 aliphatic rings. The molecular formula is C12H21NO4S. The maximum absolute atomic E-state index is 11.7. The van der Waals surface area contributed by atoms with Gasteiger partial charge in [0, 0.05) is 6.54 Å². The number of carboxylic acids is 1. The molecule has 0 aromatic carbocycles. The van der Waals surface area contributed by atoms with E-state index in [2.05, 4.69) is 11.6 Å². The van der Waals surface area contributed by atoms with Crippen LogP contribution in [0.15, 0.2) is 0 Å². The molecule has 104 valence electrons. The second kappa shape index (κ2) is 8.37. The van der Waals surface area contributed by atoms with Crippen LogP contribution in [0.5, 0.6) is 0 Å². The summed E-state index contributed by atoms with van der Waals surface area (Å²) < 4.78 is 5.17. The molecule has 6 heteroatoms. The standard InChI is InChI=1S/C12H21NO4S/c1-18-8-4-2-3-7-13-11(14)9-5-6-10(17-9)12(15)16/h9-10H,2-8H2,1H3,(H,13,14)(H,15,16). The van der Waals surface area contributed by atoms with Crippen molar-refractivity contribution in [3.05, 3.63) is 0 Å². The van der Waals surface area contributed by atoms with E-state index in [-0.39, 0.29) is 5.91 Å². The number of ether oxygens (including phenoxy) is 1. The lowest BCUT2D eigenvalue weighted by Crippen LogP contribution is -2.36. The van der Waals surface area contributed by atoms with Gasteiger partial charge in [-0.25, -0.2) is 4.79 Å². The third-order valence-corrected chi connectivity index (χ3v) is 3.61. The molecule has 18 heavy (non-hydrogen) atoms. The molecule has 2 unspecified atom stereocenters. The molecule has 0 radical (unpaired) electrons. The lowest BCUT2D eigenvalue weighted by molar-refractivity contribution is -0.151. The minimum absolute atomic E-state index is 0.177. The number of aliphatic carboxylic acids is 1. The molecule has 0 spiro atoms. The number of amides is 1. The van der Waals surface area contributed by atoms with Crippen molar-refractivity contribution in [2.45, 2.75) is 44.3 Å². The smallest absolute Gasteiger partial charge is 0.332 e. The first-order valence-electron chi connectivity index (χ1n) is 6.30. The Morgan fingerprint density at radius 3 is 2.61 bits per heavy atom. The van der Waals surface area contributed by atoms with Gasteiger partial charge in [0.2, 0.25) is 5.91 Å². The predicted molar refractivity (Wildman–Crippen MR) is 70.8 cm³/mol. The number of rotatable bonds is 8. The van der Waals surface area contributed by atoms with Crippen LogP contribution in [0.2, 0.25) is 0 Å². The fraction of sp³-hybridized carbons (Fsp3) is 0.833. The maximum Gasteiger partial charge on any atom is 0.332 e. The van der Waals surface area contributed by atoms with E-state index in [0.717, 1.165) is 25.0 Å². The Labute approximate surface area is 112 Å². The van der Waals surface area contributed by atoms with Gasteiger partial charge in [-0.2, -0.15) is 11.8 Å². The summed E-state index contributed by atoms with van der Waals surface area (Å²) in [7, 11) is 0. The highest BCUT2D eigenvalue weighted by Gasteiger charge is 2.34. The van der Waals surface area contributed by atoms with Crippen molar-refractivity contribution in [1.29, 1.82) is 0 Å². The number of nitrogens with one attached hydrogen (secondary N) is 1. The number of unbranched alkanes of at least 4 members (excludes halogenated alkanes) is 2. The first-order valence-corrected chi connectivity index (χ1v) is 7.69. The van der Waals surface area contributed by atoms with Gasteiger partial charge >= 0.3 is 5.97 Å².